The SMILES string of the molecule is CNC(=O)c1cccc(Nc2nsnc2NCc2cc(C)c(C)o2)c1O. The quantitative estimate of drug-likeness (QED) is 0.491. The van der Waals surface area contributed by atoms with Gasteiger partial charge in [-0.25, -0.2) is 0 Å². The van der Waals surface area contributed by atoms with E-state index in [1.54, 1.807) is 18.2 Å². The van der Waals surface area contributed by atoms with Crippen LogP contribution in [0.1, 0.15) is 27.4 Å². The summed E-state index contributed by atoms with van der Waals surface area (Å²) < 4.78 is 14.0. The standard InChI is InChI=1S/C17H19N5O3S/c1-9-7-11(25-10(9)2)8-19-15-16(22-26-21-15)20-13-6-4-5-12(14(13)23)17(24)18-3/h4-7,23H,8H2,1-3H3,(H,18,24)(H,19,21)(H,20,22). The van der Waals surface area contributed by atoms with Gasteiger partial charge in [0.25, 0.3) is 5.91 Å². The number of hydrogen-bond donors (Lipinski definition) is 4. The van der Waals surface area contributed by atoms with Crippen LogP contribution in [0, 0.1) is 13.8 Å². The van der Waals surface area contributed by atoms with Gasteiger partial charge in [-0.05, 0) is 37.6 Å². The maximum absolute atomic E-state index is 11.8. The largest absolute Gasteiger partial charge is 0.505 e. The molecule has 0 saturated carbocycles. The monoisotopic (exact) mass is 373 g/mol. The van der Waals surface area contributed by atoms with Crippen LogP contribution in [0.3, 0.4) is 0 Å². The van der Waals surface area contributed by atoms with Gasteiger partial charge in [-0.2, -0.15) is 8.75 Å². The Morgan fingerprint density at radius 3 is 2.73 bits per heavy atom. The minimum absolute atomic E-state index is 0.150. The maximum atomic E-state index is 11.8. The maximum Gasteiger partial charge on any atom is 0.254 e. The van der Waals surface area contributed by atoms with Crippen LogP contribution in [0.5, 0.6) is 5.75 Å². The second-order valence-corrected chi connectivity index (χ2v) is 6.20. The molecule has 1 aromatic carbocycles. The summed E-state index contributed by atoms with van der Waals surface area (Å²) in [6, 6.07) is 6.84. The lowest BCUT2D eigenvalue weighted by Crippen LogP contribution is -2.18. The van der Waals surface area contributed by atoms with E-state index in [1.807, 2.05) is 19.9 Å². The highest BCUT2D eigenvalue weighted by Crippen LogP contribution is 2.32. The van der Waals surface area contributed by atoms with Crippen LogP contribution in [-0.2, 0) is 6.54 Å². The fourth-order valence-electron chi connectivity index (χ4n) is 2.38. The van der Waals surface area contributed by atoms with Crippen LogP contribution in [0.15, 0.2) is 28.7 Å². The van der Waals surface area contributed by atoms with Crippen molar-refractivity contribution in [3.8, 4) is 5.75 Å². The molecule has 8 nitrogen and oxygen atoms in total. The summed E-state index contributed by atoms with van der Waals surface area (Å²) in [5.41, 5.74) is 1.63. The first-order valence-corrected chi connectivity index (χ1v) is 8.66. The third-order valence-electron chi connectivity index (χ3n) is 3.90. The molecule has 0 bridgehead atoms. The van der Waals surface area contributed by atoms with Crippen molar-refractivity contribution in [1.29, 1.82) is 0 Å². The molecule has 2 aromatic heterocycles. The van der Waals surface area contributed by atoms with E-state index in [9.17, 15) is 9.90 Å². The molecule has 136 valence electrons. The number of anilines is 3. The van der Waals surface area contributed by atoms with Crippen molar-refractivity contribution in [2.45, 2.75) is 20.4 Å². The molecule has 26 heavy (non-hydrogen) atoms. The summed E-state index contributed by atoms with van der Waals surface area (Å²) in [5.74, 6) is 2.15. The number of nitrogens with one attached hydrogen (secondary N) is 3. The average molecular weight is 373 g/mol. The first kappa shape index (κ1) is 17.7. The van der Waals surface area contributed by atoms with Crippen molar-refractivity contribution in [3.05, 3.63) is 46.9 Å². The third kappa shape index (κ3) is 3.62. The number of carbonyl (C=O) groups excluding carboxylic acids is 1. The van der Waals surface area contributed by atoms with E-state index in [4.69, 9.17) is 4.42 Å². The lowest BCUT2D eigenvalue weighted by Gasteiger charge is -2.10. The van der Waals surface area contributed by atoms with E-state index in [0.29, 0.717) is 23.9 Å². The van der Waals surface area contributed by atoms with Crippen molar-refractivity contribution in [2.75, 3.05) is 17.7 Å². The van der Waals surface area contributed by atoms with Gasteiger partial charge in [0.2, 0.25) is 0 Å². The zero-order valence-electron chi connectivity index (χ0n) is 14.6. The van der Waals surface area contributed by atoms with Gasteiger partial charge < -0.3 is 25.5 Å². The van der Waals surface area contributed by atoms with E-state index in [1.165, 1.54) is 7.05 Å². The van der Waals surface area contributed by atoms with Crippen LogP contribution in [0.2, 0.25) is 0 Å². The summed E-state index contributed by atoms with van der Waals surface area (Å²) >= 11 is 1.03. The molecule has 0 saturated heterocycles. The lowest BCUT2D eigenvalue weighted by atomic mass is 10.1. The van der Waals surface area contributed by atoms with Crippen LogP contribution in [0.25, 0.3) is 0 Å². The first-order valence-electron chi connectivity index (χ1n) is 7.93. The Morgan fingerprint density at radius 1 is 1.27 bits per heavy atom. The molecule has 0 aliphatic carbocycles. The molecule has 0 atom stereocenters. The minimum Gasteiger partial charge on any atom is -0.505 e. The van der Waals surface area contributed by atoms with Gasteiger partial charge in [-0.1, -0.05) is 6.07 Å². The molecule has 0 radical (unpaired) electrons. The molecule has 3 rings (SSSR count). The molecule has 3 aromatic rings. The van der Waals surface area contributed by atoms with E-state index in [2.05, 4.69) is 24.7 Å². The summed E-state index contributed by atoms with van der Waals surface area (Å²) in [4.78, 5) is 11.8. The number of aromatic nitrogens is 2. The molecule has 9 heteroatoms. The Morgan fingerprint density at radius 2 is 2.04 bits per heavy atom. The predicted octanol–water partition coefficient (Wildman–Crippen LogP) is 3.17. The first-order chi connectivity index (χ1) is 12.5. The van der Waals surface area contributed by atoms with Gasteiger partial charge in [-0.15, -0.1) is 0 Å². The van der Waals surface area contributed by atoms with Gasteiger partial charge in [-0.3, -0.25) is 4.79 Å². The zero-order valence-corrected chi connectivity index (χ0v) is 15.4. The van der Waals surface area contributed by atoms with Crippen molar-refractivity contribution < 1.29 is 14.3 Å². The molecular weight excluding hydrogens is 354 g/mol. The molecule has 0 fully saturated rings. The molecule has 1 amide bonds. The van der Waals surface area contributed by atoms with E-state index < -0.39 is 0 Å². The molecule has 0 unspecified atom stereocenters. The topological polar surface area (TPSA) is 112 Å². The number of nitrogens with zero attached hydrogens (tertiary/aromatic N) is 2. The van der Waals surface area contributed by atoms with Crippen LogP contribution >= 0.6 is 11.7 Å². The Hall–Kier alpha value is -3.07. The van der Waals surface area contributed by atoms with Gasteiger partial charge in [0.05, 0.1) is 29.5 Å². The summed E-state index contributed by atoms with van der Waals surface area (Å²) in [6.45, 7) is 4.36. The van der Waals surface area contributed by atoms with Crippen molar-refractivity contribution in [3.63, 3.8) is 0 Å². The van der Waals surface area contributed by atoms with Crippen molar-refractivity contribution >= 4 is 35.0 Å². The minimum atomic E-state index is -0.371. The molecule has 0 aliphatic rings. The molecule has 0 aliphatic heterocycles. The highest BCUT2D eigenvalue weighted by Gasteiger charge is 2.16. The van der Waals surface area contributed by atoms with Crippen LogP contribution in [0.4, 0.5) is 17.3 Å². The number of amides is 1. The number of hydrogen-bond acceptors (Lipinski definition) is 8. The third-order valence-corrected chi connectivity index (χ3v) is 4.42. The molecular formula is C17H19N5O3S. The number of furan rings is 1. The van der Waals surface area contributed by atoms with E-state index >= 15 is 0 Å². The van der Waals surface area contributed by atoms with Crippen molar-refractivity contribution in [2.24, 2.45) is 0 Å². The molecule has 0 spiro atoms. The number of para-hydroxylation sites is 1. The Balaban J connectivity index is 1.76. The predicted molar refractivity (Wildman–Crippen MR) is 100 cm³/mol. The van der Waals surface area contributed by atoms with Gasteiger partial charge >= 0.3 is 0 Å². The number of rotatable bonds is 6. The fourth-order valence-corrected chi connectivity index (χ4v) is 2.87. The highest BCUT2D eigenvalue weighted by molar-refractivity contribution is 6.99. The second-order valence-electron chi connectivity index (χ2n) is 5.67. The number of phenols is 1. The summed E-state index contributed by atoms with van der Waals surface area (Å²) in [6.07, 6.45) is 0. The van der Waals surface area contributed by atoms with Gasteiger partial charge in [0.1, 0.15) is 11.5 Å². The Bertz CT molecular complexity index is 915. The van der Waals surface area contributed by atoms with Crippen LogP contribution < -0.4 is 16.0 Å². The van der Waals surface area contributed by atoms with Gasteiger partial charge in [0.15, 0.2) is 17.4 Å². The van der Waals surface area contributed by atoms with E-state index in [-0.39, 0.29) is 17.2 Å². The number of benzene rings is 1. The number of phenolic OH excluding ortho intramolecular Hbond substituents is 1. The number of aryl methyl sites for hydroxylation is 2. The average Bonchev–Trinajstić information content (AvgIpc) is 3.20. The Kier molecular flexibility index (Phi) is 5.08. The fraction of sp³-hybridized carbons (Fsp3) is 0.235. The normalized spacial score (nSPS) is 10.6. The summed E-state index contributed by atoms with van der Waals surface area (Å²) in [7, 11) is 1.51. The molecule has 4 N–H and O–H groups in total. The van der Waals surface area contributed by atoms with Crippen molar-refractivity contribution in [1.82, 2.24) is 14.1 Å². The summed E-state index contributed by atoms with van der Waals surface area (Å²) in [5, 5.41) is 19.0. The Labute approximate surface area is 154 Å². The smallest absolute Gasteiger partial charge is 0.254 e. The zero-order chi connectivity index (χ0) is 18.7. The second kappa shape index (κ2) is 7.44. The number of carbonyl (C=O) groups is 1. The lowest BCUT2D eigenvalue weighted by molar-refractivity contribution is 0.0960. The highest BCUT2D eigenvalue weighted by atomic mass is 32.1. The van der Waals surface area contributed by atoms with E-state index in [0.717, 1.165) is 28.8 Å². The molecule has 2 heterocycles. The van der Waals surface area contributed by atoms with Gasteiger partial charge in [0, 0.05) is 7.05 Å². The van der Waals surface area contributed by atoms with Crippen LogP contribution in [-0.4, -0.2) is 26.8 Å². The number of aromatic hydroxyl groups is 1.